The number of nitro benzene ring substituents is 1. The second kappa shape index (κ2) is 6.58. The van der Waals surface area contributed by atoms with E-state index in [2.05, 4.69) is 0 Å². The van der Waals surface area contributed by atoms with E-state index in [0.717, 1.165) is 28.8 Å². The highest BCUT2D eigenvalue weighted by molar-refractivity contribution is 8.19. The summed E-state index contributed by atoms with van der Waals surface area (Å²) in [6, 6.07) is 10.0. The molecular weight excluding hydrogens is 368 g/mol. The zero-order valence-corrected chi connectivity index (χ0v) is 14.0. The number of benzene rings is 2. The molecule has 0 aromatic heterocycles. The number of rotatable bonds is 3. The summed E-state index contributed by atoms with van der Waals surface area (Å²) in [5.41, 5.74) is 0.180. The van der Waals surface area contributed by atoms with Crippen LogP contribution in [0.1, 0.15) is 5.56 Å². The zero-order chi connectivity index (χ0) is 18.1. The summed E-state index contributed by atoms with van der Waals surface area (Å²) in [6.45, 7) is 0. The summed E-state index contributed by atoms with van der Waals surface area (Å²) >= 11 is 6.61. The van der Waals surface area contributed by atoms with Gasteiger partial charge in [0, 0.05) is 11.1 Å². The Bertz CT molecular complexity index is 944. The molecule has 126 valence electrons. The number of hydrogen-bond acceptors (Lipinski definition) is 6. The van der Waals surface area contributed by atoms with Crippen LogP contribution >= 0.6 is 23.4 Å². The van der Waals surface area contributed by atoms with Gasteiger partial charge >= 0.3 is 5.69 Å². The van der Waals surface area contributed by atoms with E-state index in [0.29, 0.717) is 16.3 Å². The molecule has 0 aliphatic carbocycles. The van der Waals surface area contributed by atoms with Crippen LogP contribution in [0.25, 0.3) is 6.08 Å². The molecule has 2 amide bonds. The number of nitrogens with zero attached hydrogens (tertiary/aromatic N) is 2. The molecule has 1 N–H and O–H groups in total. The fraction of sp³-hybridized carbons (Fsp3) is 0. The average molecular weight is 377 g/mol. The number of carbonyl (C=O) groups is 2. The van der Waals surface area contributed by atoms with Gasteiger partial charge < -0.3 is 5.11 Å². The van der Waals surface area contributed by atoms with Crippen molar-refractivity contribution in [3.63, 3.8) is 0 Å². The maximum atomic E-state index is 12.5. The number of hydrogen-bond donors (Lipinski definition) is 1. The largest absolute Gasteiger partial charge is 0.502 e. The Kier molecular flexibility index (Phi) is 4.47. The van der Waals surface area contributed by atoms with Crippen LogP contribution in [0.15, 0.2) is 47.4 Å². The Hall–Kier alpha value is -2.84. The van der Waals surface area contributed by atoms with Crippen molar-refractivity contribution in [1.82, 2.24) is 0 Å². The van der Waals surface area contributed by atoms with E-state index in [1.807, 2.05) is 0 Å². The maximum Gasteiger partial charge on any atom is 0.311 e. The van der Waals surface area contributed by atoms with Crippen molar-refractivity contribution >= 4 is 52.0 Å². The SMILES string of the molecule is O=C1S/C(=C\c2ccc(O)c([N+](=O)[O-])c2)C(=O)N1c1cccc(Cl)c1. The Morgan fingerprint density at radius 1 is 1.20 bits per heavy atom. The van der Waals surface area contributed by atoms with Crippen molar-refractivity contribution < 1.29 is 19.6 Å². The van der Waals surface area contributed by atoms with Crippen LogP contribution in [0.5, 0.6) is 5.75 Å². The number of phenols is 1. The number of aromatic hydroxyl groups is 1. The van der Waals surface area contributed by atoms with Crippen LogP contribution in [0.4, 0.5) is 16.2 Å². The molecular formula is C16H9ClN2O5S. The van der Waals surface area contributed by atoms with Crippen LogP contribution < -0.4 is 4.90 Å². The van der Waals surface area contributed by atoms with Gasteiger partial charge in [0.1, 0.15) is 0 Å². The molecule has 0 saturated carbocycles. The van der Waals surface area contributed by atoms with Crippen LogP contribution in [0, 0.1) is 10.1 Å². The number of halogens is 1. The summed E-state index contributed by atoms with van der Waals surface area (Å²) in [5, 5.41) is 20.2. The highest BCUT2D eigenvalue weighted by Gasteiger charge is 2.36. The van der Waals surface area contributed by atoms with E-state index < -0.39 is 27.5 Å². The molecule has 2 aromatic carbocycles. The maximum absolute atomic E-state index is 12.5. The molecule has 1 heterocycles. The van der Waals surface area contributed by atoms with Gasteiger partial charge in [-0.1, -0.05) is 23.7 Å². The molecule has 0 atom stereocenters. The second-order valence-corrected chi connectivity index (χ2v) is 6.43. The highest BCUT2D eigenvalue weighted by Crippen LogP contribution is 2.37. The quantitative estimate of drug-likeness (QED) is 0.489. The molecule has 3 rings (SSSR count). The van der Waals surface area contributed by atoms with E-state index in [-0.39, 0.29) is 4.91 Å². The number of carbonyl (C=O) groups excluding carboxylic acids is 2. The first-order valence-corrected chi connectivity index (χ1v) is 8.07. The lowest BCUT2D eigenvalue weighted by molar-refractivity contribution is -0.385. The van der Waals surface area contributed by atoms with Gasteiger partial charge in [0.25, 0.3) is 11.1 Å². The lowest BCUT2D eigenvalue weighted by atomic mass is 10.1. The lowest BCUT2D eigenvalue weighted by Gasteiger charge is -2.12. The number of phenolic OH excluding ortho intramolecular Hbond substituents is 1. The third kappa shape index (κ3) is 3.35. The predicted octanol–water partition coefficient (Wildman–Crippen LogP) is 4.19. The smallest absolute Gasteiger partial charge is 0.311 e. The summed E-state index contributed by atoms with van der Waals surface area (Å²) in [5.74, 6) is -1.03. The number of amides is 2. The number of nitro groups is 1. The molecule has 0 spiro atoms. The third-order valence-electron chi connectivity index (χ3n) is 3.35. The first-order valence-electron chi connectivity index (χ1n) is 6.88. The molecule has 25 heavy (non-hydrogen) atoms. The van der Waals surface area contributed by atoms with E-state index >= 15 is 0 Å². The molecule has 7 nitrogen and oxygen atoms in total. The fourth-order valence-electron chi connectivity index (χ4n) is 2.23. The Balaban J connectivity index is 1.96. The summed E-state index contributed by atoms with van der Waals surface area (Å²) < 4.78 is 0. The van der Waals surface area contributed by atoms with Crippen molar-refractivity contribution in [2.24, 2.45) is 0 Å². The van der Waals surface area contributed by atoms with E-state index in [1.54, 1.807) is 18.2 Å². The average Bonchev–Trinajstić information content (AvgIpc) is 2.83. The molecule has 1 aliphatic rings. The number of imide groups is 1. The molecule has 1 fully saturated rings. The first kappa shape index (κ1) is 17.0. The van der Waals surface area contributed by atoms with Gasteiger partial charge in [-0.25, -0.2) is 4.90 Å². The minimum Gasteiger partial charge on any atom is -0.502 e. The van der Waals surface area contributed by atoms with Crippen LogP contribution in [-0.4, -0.2) is 21.2 Å². The normalized spacial score (nSPS) is 15.9. The Labute approximate surface area is 150 Å². The minimum absolute atomic E-state index is 0.116. The standard InChI is InChI=1S/C16H9ClN2O5S/c17-10-2-1-3-11(8-10)18-15(21)14(25-16(18)22)7-9-4-5-13(20)12(6-9)19(23)24/h1-8,20H/b14-7-. The van der Waals surface area contributed by atoms with Gasteiger partial charge in [0.2, 0.25) is 0 Å². The van der Waals surface area contributed by atoms with Crippen molar-refractivity contribution in [1.29, 1.82) is 0 Å². The van der Waals surface area contributed by atoms with Crippen molar-refractivity contribution in [2.75, 3.05) is 4.90 Å². The Morgan fingerprint density at radius 3 is 2.64 bits per heavy atom. The van der Waals surface area contributed by atoms with E-state index in [9.17, 15) is 24.8 Å². The van der Waals surface area contributed by atoms with Crippen LogP contribution in [0.2, 0.25) is 5.02 Å². The summed E-state index contributed by atoms with van der Waals surface area (Å²) in [6.07, 6.45) is 1.36. The van der Waals surface area contributed by atoms with Crippen LogP contribution in [0.3, 0.4) is 0 Å². The first-order chi connectivity index (χ1) is 11.9. The minimum atomic E-state index is -0.732. The molecule has 9 heteroatoms. The van der Waals surface area contributed by atoms with Gasteiger partial charge in [-0.3, -0.25) is 19.7 Å². The van der Waals surface area contributed by atoms with Crippen LogP contribution in [-0.2, 0) is 4.79 Å². The number of thioether (sulfide) groups is 1. The topological polar surface area (TPSA) is 101 Å². The van der Waals surface area contributed by atoms with Gasteiger partial charge in [0.05, 0.1) is 15.5 Å². The summed E-state index contributed by atoms with van der Waals surface area (Å²) in [4.78, 5) is 35.9. The van der Waals surface area contributed by atoms with Gasteiger partial charge in [-0.15, -0.1) is 0 Å². The third-order valence-corrected chi connectivity index (χ3v) is 4.46. The van der Waals surface area contributed by atoms with Gasteiger partial charge in [0.15, 0.2) is 5.75 Å². The number of anilines is 1. The predicted molar refractivity (Wildman–Crippen MR) is 94.7 cm³/mol. The second-order valence-electron chi connectivity index (χ2n) is 5.00. The van der Waals surface area contributed by atoms with Gasteiger partial charge in [-0.05, 0) is 47.7 Å². The van der Waals surface area contributed by atoms with E-state index in [1.165, 1.54) is 18.2 Å². The monoisotopic (exact) mass is 376 g/mol. The molecule has 0 bridgehead atoms. The molecule has 0 radical (unpaired) electrons. The Morgan fingerprint density at radius 2 is 1.96 bits per heavy atom. The molecule has 2 aromatic rings. The molecule has 1 aliphatic heterocycles. The highest BCUT2D eigenvalue weighted by atomic mass is 35.5. The van der Waals surface area contributed by atoms with Gasteiger partial charge in [-0.2, -0.15) is 0 Å². The molecule has 0 unspecified atom stereocenters. The fourth-order valence-corrected chi connectivity index (χ4v) is 3.26. The van der Waals surface area contributed by atoms with Crippen molar-refractivity contribution in [3.05, 3.63) is 68.1 Å². The van der Waals surface area contributed by atoms with Crippen molar-refractivity contribution in [2.45, 2.75) is 0 Å². The zero-order valence-electron chi connectivity index (χ0n) is 12.4. The summed E-state index contributed by atoms with van der Waals surface area (Å²) in [7, 11) is 0. The van der Waals surface area contributed by atoms with Crippen molar-refractivity contribution in [3.8, 4) is 5.75 Å². The lowest BCUT2D eigenvalue weighted by Crippen LogP contribution is -2.27. The van der Waals surface area contributed by atoms with E-state index in [4.69, 9.17) is 11.6 Å². The molecule has 1 saturated heterocycles.